The number of hydrogen-bond acceptors (Lipinski definition) is 5. The number of carbonyl (C=O) groups is 1. The Kier molecular flexibility index (Phi) is 5.30. The number of benzene rings is 2. The molecular formula is C24H17N3O3. The number of pyridine rings is 1. The second-order valence-corrected chi connectivity index (χ2v) is 6.46. The first-order valence-electron chi connectivity index (χ1n) is 9.24. The molecule has 0 amide bonds. The van der Waals surface area contributed by atoms with Crippen LogP contribution in [0.1, 0.15) is 15.9 Å². The van der Waals surface area contributed by atoms with Crippen LogP contribution in [0, 0.1) is 0 Å². The summed E-state index contributed by atoms with van der Waals surface area (Å²) in [6.45, 7) is 0. The van der Waals surface area contributed by atoms with Crippen molar-refractivity contribution in [2.45, 2.75) is 0 Å². The van der Waals surface area contributed by atoms with E-state index >= 15 is 0 Å². The van der Waals surface area contributed by atoms with Crippen LogP contribution in [0.15, 0.2) is 107 Å². The van der Waals surface area contributed by atoms with Crippen LogP contribution in [0.4, 0.5) is 5.69 Å². The zero-order valence-electron chi connectivity index (χ0n) is 15.8. The fourth-order valence-corrected chi connectivity index (χ4v) is 2.96. The maximum Gasteiger partial charge on any atom is 0.283 e. The molecule has 0 bridgehead atoms. The van der Waals surface area contributed by atoms with E-state index in [1.807, 2.05) is 6.07 Å². The smallest absolute Gasteiger partial charge is 0.283 e. The van der Waals surface area contributed by atoms with E-state index in [1.54, 1.807) is 79.0 Å². The van der Waals surface area contributed by atoms with Crippen molar-refractivity contribution in [3.63, 3.8) is 0 Å². The summed E-state index contributed by atoms with van der Waals surface area (Å²) in [5.41, 5.74) is 1.02. The highest BCUT2D eigenvalue weighted by Crippen LogP contribution is 2.19. The van der Waals surface area contributed by atoms with Crippen LogP contribution >= 0.6 is 0 Å². The average Bonchev–Trinajstić information content (AvgIpc) is 2.81. The van der Waals surface area contributed by atoms with Crippen LogP contribution in [-0.4, -0.2) is 26.5 Å². The lowest BCUT2D eigenvalue weighted by Gasteiger charge is -2.07. The number of aliphatic imine (C=N–C) groups is 1. The van der Waals surface area contributed by atoms with Gasteiger partial charge in [-0.2, -0.15) is 0 Å². The highest BCUT2D eigenvalue weighted by atomic mass is 16.3. The molecule has 146 valence electrons. The molecular weight excluding hydrogens is 378 g/mol. The molecule has 0 unspecified atom stereocenters. The quantitative estimate of drug-likeness (QED) is 0.237. The van der Waals surface area contributed by atoms with E-state index in [9.17, 15) is 14.7 Å². The molecule has 2 aromatic carbocycles. The number of allylic oxidation sites excluding steroid dienone is 1. The van der Waals surface area contributed by atoms with Crippen molar-refractivity contribution in [2.24, 2.45) is 4.99 Å². The number of nitrogens with zero attached hydrogens (tertiary/aromatic N) is 3. The molecule has 0 saturated heterocycles. The fraction of sp³-hybridized carbons (Fsp3) is 0. The van der Waals surface area contributed by atoms with Gasteiger partial charge in [0.25, 0.3) is 5.56 Å². The third kappa shape index (κ3) is 3.79. The third-order valence-corrected chi connectivity index (χ3v) is 4.51. The van der Waals surface area contributed by atoms with Crippen LogP contribution in [0.25, 0.3) is 11.4 Å². The second-order valence-electron chi connectivity index (χ2n) is 6.46. The third-order valence-electron chi connectivity index (χ3n) is 4.51. The Morgan fingerprint density at radius 2 is 1.53 bits per heavy atom. The minimum absolute atomic E-state index is 0.0232. The Balaban J connectivity index is 1.82. The number of carbonyl (C=O) groups excluding carboxylic acids is 1. The first kappa shape index (κ1) is 19.0. The fourth-order valence-electron chi connectivity index (χ4n) is 2.96. The van der Waals surface area contributed by atoms with Crippen molar-refractivity contribution in [3.8, 4) is 0 Å². The molecule has 0 aliphatic heterocycles. The van der Waals surface area contributed by atoms with E-state index in [4.69, 9.17) is 0 Å². The van der Waals surface area contributed by atoms with E-state index in [1.165, 1.54) is 16.8 Å². The normalized spacial score (nSPS) is 12.1. The Hall–Kier alpha value is -4.32. The summed E-state index contributed by atoms with van der Waals surface area (Å²) in [6, 6.07) is 22.5. The predicted molar refractivity (Wildman–Crippen MR) is 116 cm³/mol. The lowest BCUT2D eigenvalue weighted by molar-refractivity contribution is 0.104. The van der Waals surface area contributed by atoms with Gasteiger partial charge in [-0.25, -0.2) is 9.98 Å². The number of aliphatic hydroxyl groups is 1. The molecule has 6 heteroatoms. The molecule has 0 aliphatic rings. The van der Waals surface area contributed by atoms with Gasteiger partial charge >= 0.3 is 0 Å². The first-order chi connectivity index (χ1) is 14.6. The van der Waals surface area contributed by atoms with E-state index in [2.05, 4.69) is 9.98 Å². The van der Waals surface area contributed by atoms with Crippen molar-refractivity contribution in [1.29, 1.82) is 0 Å². The van der Waals surface area contributed by atoms with Gasteiger partial charge in [0.05, 0.1) is 11.8 Å². The minimum Gasteiger partial charge on any atom is -0.506 e. The van der Waals surface area contributed by atoms with Crippen LogP contribution in [-0.2, 0) is 0 Å². The van der Waals surface area contributed by atoms with Gasteiger partial charge in [-0.1, -0.05) is 66.7 Å². The Labute approximate surface area is 172 Å². The summed E-state index contributed by atoms with van der Waals surface area (Å²) >= 11 is 0. The number of fused-ring (bicyclic) bond motifs is 1. The Bertz CT molecular complexity index is 1320. The topological polar surface area (TPSA) is 84.0 Å². The molecule has 0 saturated carbocycles. The molecule has 0 atom stereocenters. The van der Waals surface area contributed by atoms with E-state index in [-0.39, 0.29) is 22.6 Å². The van der Waals surface area contributed by atoms with Gasteiger partial charge in [0.2, 0.25) is 0 Å². The van der Waals surface area contributed by atoms with Gasteiger partial charge in [0.15, 0.2) is 5.78 Å². The molecule has 2 aromatic heterocycles. The predicted octanol–water partition coefficient (Wildman–Crippen LogP) is 4.25. The van der Waals surface area contributed by atoms with E-state index in [0.29, 0.717) is 16.8 Å². The summed E-state index contributed by atoms with van der Waals surface area (Å²) in [5, 5.41) is 10.8. The van der Waals surface area contributed by atoms with E-state index in [0.717, 1.165) is 0 Å². The monoisotopic (exact) mass is 395 g/mol. The lowest BCUT2D eigenvalue weighted by atomic mass is 10.0. The van der Waals surface area contributed by atoms with Crippen molar-refractivity contribution in [3.05, 3.63) is 118 Å². The van der Waals surface area contributed by atoms with Crippen LogP contribution in [0.2, 0.25) is 0 Å². The van der Waals surface area contributed by atoms with Crippen molar-refractivity contribution in [2.75, 3.05) is 0 Å². The number of aliphatic hydroxyl groups excluding tert-OH is 1. The largest absolute Gasteiger partial charge is 0.506 e. The summed E-state index contributed by atoms with van der Waals surface area (Å²) in [5.74, 6) is -0.628. The molecule has 2 heterocycles. The number of rotatable bonds is 5. The molecule has 0 radical (unpaired) electrons. The highest BCUT2D eigenvalue weighted by molar-refractivity contribution is 6.25. The van der Waals surface area contributed by atoms with Gasteiger partial charge in [0.1, 0.15) is 17.1 Å². The standard InChI is InChI=1S/C24H17N3O3/c28-22(17-9-3-1-4-10-17)19(23(29)18-11-5-2-6-12-18)15-25-20-16-26-21-13-7-8-14-27(21)24(20)30/h1-16,28H/b22-19-,25-15?. The number of hydrogen-bond donors (Lipinski definition) is 1. The first-order valence-corrected chi connectivity index (χ1v) is 9.24. The molecule has 0 spiro atoms. The number of ketones is 1. The zero-order valence-corrected chi connectivity index (χ0v) is 15.8. The highest BCUT2D eigenvalue weighted by Gasteiger charge is 2.17. The van der Waals surface area contributed by atoms with Crippen molar-refractivity contribution >= 4 is 29.1 Å². The lowest BCUT2D eigenvalue weighted by Crippen LogP contribution is -2.14. The van der Waals surface area contributed by atoms with Gasteiger partial charge in [-0.15, -0.1) is 0 Å². The Morgan fingerprint density at radius 1 is 0.900 bits per heavy atom. The molecule has 30 heavy (non-hydrogen) atoms. The summed E-state index contributed by atoms with van der Waals surface area (Å²) < 4.78 is 1.37. The number of aromatic nitrogens is 2. The second kappa shape index (κ2) is 8.36. The number of Topliss-reactive ketones (excluding diaryl/α,β-unsaturated/α-hetero) is 1. The SMILES string of the molecule is O=C(/C(C=Nc1cnc2ccccn2c1=O)=C(\O)c1ccccc1)c1ccccc1. The summed E-state index contributed by atoms with van der Waals surface area (Å²) in [7, 11) is 0. The van der Waals surface area contributed by atoms with Gasteiger partial charge in [-0.3, -0.25) is 14.0 Å². The molecule has 4 aromatic rings. The maximum absolute atomic E-state index is 13.1. The van der Waals surface area contributed by atoms with Gasteiger partial charge in [0, 0.05) is 23.5 Å². The van der Waals surface area contributed by atoms with Crippen LogP contribution < -0.4 is 5.56 Å². The summed E-state index contributed by atoms with van der Waals surface area (Å²) in [6.07, 6.45) is 4.15. The molecule has 0 aliphatic carbocycles. The maximum atomic E-state index is 13.1. The molecule has 6 nitrogen and oxygen atoms in total. The summed E-state index contributed by atoms with van der Waals surface area (Å²) in [4.78, 5) is 34.1. The minimum atomic E-state index is -0.408. The van der Waals surface area contributed by atoms with Gasteiger partial charge < -0.3 is 5.11 Å². The molecule has 4 rings (SSSR count). The van der Waals surface area contributed by atoms with Crippen molar-refractivity contribution < 1.29 is 9.90 Å². The van der Waals surface area contributed by atoms with Crippen LogP contribution in [0.3, 0.4) is 0 Å². The average molecular weight is 395 g/mol. The van der Waals surface area contributed by atoms with Crippen LogP contribution in [0.5, 0.6) is 0 Å². The molecule has 1 N–H and O–H groups in total. The van der Waals surface area contributed by atoms with Crippen molar-refractivity contribution in [1.82, 2.24) is 9.38 Å². The zero-order chi connectivity index (χ0) is 20.9. The Morgan fingerprint density at radius 3 is 2.23 bits per heavy atom. The van der Waals surface area contributed by atoms with E-state index < -0.39 is 5.78 Å². The molecule has 0 fully saturated rings. The van der Waals surface area contributed by atoms with Gasteiger partial charge in [-0.05, 0) is 12.1 Å².